The number of aryl methyl sites for hydroxylation is 1. The van der Waals surface area contributed by atoms with Gasteiger partial charge in [-0.1, -0.05) is 29.8 Å². The minimum absolute atomic E-state index is 0.271. The monoisotopic (exact) mass is 325 g/mol. The molecule has 0 amide bonds. The predicted molar refractivity (Wildman–Crippen MR) is 93.1 cm³/mol. The van der Waals surface area contributed by atoms with Crippen LogP contribution in [-0.2, 0) is 12.8 Å². The first-order valence-electron chi connectivity index (χ1n) is 8.42. The number of nitrogens with zero attached hydrogens (tertiary/aromatic N) is 1. The first-order chi connectivity index (χ1) is 11.7. The predicted octanol–water partition coefficient (Wildman–Crippen LogP) is 3.50. The fourth-order valence-electron chi connectivity index (χ4n) is 3.85. The first kappa shape index (κ1) is 15.3. The molecule has 0 bridgehead atoms. The van der Waals surface area contributed by atoms with Crippen LogP contribution in [0.15, 0.2) is 30.3 Å². The number of ether oxygens (including phenoxy) is 3. The Balaban J connectivity index is 1.79. The molecule has 0 saturated heterocycles. The van der Waals surface area contributed by atoms with Crippen LogP contribution in [0.3, 0.4) is 0 Å². The summed E-state index contributed by atoms with van der Waals surface area (Å²) >= 11 is 0. The van der Waals surface area contributed by atoms with Gasteiger partial charge in [0.2, 0.25) is 12.5 Å². The number of hydrogen-bond acceptors (Lipinski definition) is 4. The molecule has 2 aliphatic rings. The summed E-state index contributed by atoms with van der Waals surface area (Å²) < 4.78 is 17.0. The second-order valence-electron chi connectivity index (χ2n) is 6.66. The third-order valence-corrected chi connectivity index (χ3v) is 5.06. The van der Waals surface area contributed by atoms with Crippen molar-refractivity contribution < 1.29 is 14.2 Å². The van der Waals surface area contributed by atoms with Crippen LogP contribution in [0.1, 0.15) is 28.3 Å². The minimum atomic E-state index is 0.271. The van der Waals surface area contributed by atoms with Gasteiger partial charge >= 0.3 is 0 Å². The van der Waals surface area contributed by atoms with E-state index in [1.54, 1.807) is 7.11 Å². The van der Waals surface area contributed by atoms with Crippen LogP contribution in [0.5, 0.6) is 17.2 Å². The molecule has 1 unspecified atom stereocenters. The lowest BCUT2D eigenvalue weighted by Gasteiger charge is -2.36. The summed E-state index contributed by atoms with van der Waals surface area (Å²) in [5.41, 5.74) is 5.20. The molecule has 0 spiro atoms. The van der Waals surface area contributed by atoms with E-state index in [-0.39, 0.29) is 12.8 Å². The Morgan fingerprint density at radius 1 is 1.25 bits per heavy atom. The molecule has 0 saturated carbocycles. The van der Waals surface area contributed by atoms with Gasteiger partial charge in [0.05, 0.1) is 7.11 Å². The number of rotatable bonds is 3. The Labute approximate surface area is 142 Å². The summed E-state index contributed by atoms with van der Waals surface area (Å²) in [5, 5.41) is 0. The quantitative estimate of drug-likeness (QED) is 0.864. The molecule has 4 nitrogen and oxygen atoms in total. The normalized spacial score (nSPS) is 19.2. The highest BCUT2D eigenvalue weighted by atomic mass is 16.7. The average Bonchev–Trinajstić information content (AvgIpc) is 3.04. The van der Waals surface area contributed by atoms with E-state index < -0.39 is 0 Å². The molecule has 2 heterocycles. The summed E-state index contributed by atoms with van der Waals surface area (Å²) in [5.74, 6) is 2.40. The van der Waals surface area contributed by atoms with Crippen molar-refractivity contribution in [3.8, 4) is 17.2 Å². The zero-order chi connectivity index (χ0) is 16.7. The summed E-state index contributed by atoms with van der Waals surface area (Å²) in [6.45, 7) is 3.44. The van der Waals surface area contributed by atoms with Crippen molar-refractivity contribution in [1.29, 1.82) is 0 Å². The summed E-state index contributed by atoms with van der Waals surface area (Å²) in [7, 11) is 3.91. The van der Waals surface area contributed by atoms with Gasteiger partial charge in [0.1, 0.15) is 0 Å². The van der Waals surface area contributed by atoms with Gasteiger partial charge in [0, 0.05) is 18.2 Å². The molecule has 2 aromatic carbocycles. The van der Waals surface area contributed by atoms with Gasteiger partial charge in [0.15, 0.2) is 11.5 Å². The molecule has 1 atom stereocenters. The molecule has 0 aliphatic carbocycles. The van der Waals surface area contributed by atoms with Gasteiger partial charge in [-0.05, 0) is 44.0 Å². The van der Waals surface area contributed by atoms with E-state index in [0.29, 0.717) is 0 Å². The van der Waals surface area contributed by atoms with Gasteiger partial charge in [0.25, 0.3) is 0 Å². The number of hydrogen-bond donors (Lipinski definition) is 0. The zero-order valence-electron chi connectivity index (χ0n) is 14.5. The Morgan fingerprint density at radius 2 is 2.12 bits per heavy atom. The van der Waals surface area contributed by atoms with Crippen molar-refractivity contribution in [2.45, 2.75) is 25.8 Å². The Kier molecular flexibility index (Phi) is 3.85. The molecule has 0 radical (unpaired) electrons. The molecule has 0 aromatic heterocycles. The van der Waals surface area contributed by atoms with Crippen molar-refractivity contribution in [2.75, 3.05) is 27.5 Å². The lowest BCUT2D eigenvalue weighted by Crippen LogP contribution is -2.33. The van der Waals surface area contributed by atoms with Gasteiger partial charge in [-0.25, -0.2) is 0 Å². The molecule has 4 rings (SSSR count). The Hall–Kier alpha value is -2.20. The fourth-order valence-corrected chi connectivity index (χ4v) is 3.85. The van der Waals surface area contributed by atoms with Gasteiger partial charge in [-0.3, -0.25) is 4.90 Å². The maximum atomic E-state index is 5.76. The molecular weight excluding hydrogens is 302 g/mol. The van der Waals surface area contributed by atoms with E-state index in [2.05, 4.69) is 49.2 Å². The number of likely N-dealkylation sites (N-methyl/N-ethyl adjacent to an activating group) is 1. The molecule has 2 aromatic rings. The zero-order valence-corrected chi connectivity index (χ0v) is 14.5. The van der Waals surface area contributed by atoms with Crippen LogP contribution in [0, 0.1) is 6.92 Å². The minimum Gasteiger partial charge on any atom is -0.492 e. The maximum Gasteiger partial charge on any atom is 0.231 e. The number of methoxy groups -OCH3 is 1. The van der Waals surface area contributed by atoms with Gasteiger partial charge in [-0.2, -0.15) is 0 Å². The second kappa shape index (κ2) is 6.02. The molecule has 24 heavy (non-hydrogen) atoms. The number of fused-ring (bicyclic) bond motifs is 2. The van der Waals surface area contributed by atoms with Crippen molar-refractivity contribution in [1.82, 2.24) is 4.90 Å². The van der Waals surface area contributed by atoms with Gasteiger partial charge < -0.3 is 14.2 Å². The summed E-state index contributed by atoms with van der Waals surface area (Å²) in [4.78, 5) is 2.41. The topological polar surface area (TPSA) is 30.9 Å². The Morgan fingerprint density at radius 3 is 2.92 bits per heavy atom. The fraction of sp³-hybridized carbons (Fsp3) is 0.400. The Bertz CT molecular complexity index is 772. The SMILES string of the molecule is COc1c2c(cc3c1C(Cc1cccc(C)c1)N(C)CC3)OCO2. The van der Waals surface area contributed by atoms with E-state index in [1.807, 2.05) is 0 Å². The third-order valence-electron chi connectivity index (χ3n) is 5.06. The summed E-state index contributed by atoms with van der Waals surface area (Å²) in [6, 6.07) is 11.2. The van der Waals surface area contributed by atoms with Crippen molar-refractivity contribution in [3.63, 3.8) is 0 Å². The van der Waals surface area contributed by atoms with E-state index in [1.165, 1.54) is 22.3 Å². The van der Waals surface area contributed by atoms with Crippen molar-refractivity contribution >= 4 is 0 Å². The molecular formula is C20H23NO3. The maximum absolute atomic E-state index is 5.76. The van der Waals surface area contributed by atoms with E-state index in [9.17, 15) is 0 Å². The summed E-state index contributed by atoms with van der Waals surface area (Å²) in [6.07, 6.45) is 1.96. The van der Waals surface area contributed by atoms with Crippen LogP contribution in [0.4, 0.5) is 0 Å². The molecule has 4 heteroatoms. The largest absolute Gasteiger partial charge is 0.492 e. The second-order valence-corrected chi connectivity index (χ2v) is 6.66. The van der Waals surface area contributed by atoms with Crippen LogP contribution in [0.2, 0.25) is 0 Å². The van der Waals surface area contributed by atoms with Crippen LogP contribution in [0.25, 0.3) is 0 Å². The van der Waals surface area contributed by atoms with Crippen molar-refractivity contribution in [2.24, 2.45) is 0 Å². The number of benzene rings is 2. The van der Waals surface area contributed by atoms with E-state index in [4.69, 9.17) is 14.2 Å². The highest BCUT2D eigenvalue weighted by molar-refractivity contribution is 5.62. The van der Waals surface area contributed by atoms with Crippen LogP contribution >= 0.6 is 0 Å². The molecule has 2 aliphatic heterocycles. The lowest BCUT2D eigenvalue weighted by atomic mass is 9.87. The van der Waals surface area contributed by atoms with E-state index >= 15 is 0 Å². The third kappa shape index (κ3) is 2.51. The highest BCUT2D eigenvalue weighted by Gasteiger charge is 2.33. The van der Waals surface area contributed by atoms with Crippen molar-refractivity contribution in [3.05, 3.63) is 52.6 Å². The lowest BCUT2D eigenvalue weighted by molar-refractivity contribution is 0.170. The standard InChI is InChI=1S/C20H23NO3/c1-13-5-4-6-14(9-13)10-16-18-15(7-8-21(16)2)11-17-19(20(18)22-3)24-12-23-17/h4-6,9,11,16H,7-8,10,12H2,1-3H3. The molecule has 126 valence electrons. The van der Waals surface area contributed by atoms with Crippen LogP contribution < -0.4 is 14.2 Å². The van der Waals surface area contributed by atoms with Gasteiger partial charge in [-0.15, -0.1) is 0 Å². The van der Waals surface area contributed by atoms with E-state index in [0.717, 1.165) is 36.6 Å². The average molecular weight is 325 g/mol. The highest BCUT2D eigenvalue weighted by Crippen LogP contribution is 2.49. The molecule has 0 N–H and O–H groups in total. The van der Waals surface area contributed by atoms with Crippen LogP contribution in [-0.4, -0.2) is 32.4 Å². The molecule has 0 fully saturated rings. The smallest absolute Gasteiger partial charge is 0.231 e. The first-order valence-corrected chi connectivity index (χ1v) is 8.42.